The Balaban J connectivity index is 2.98. The molecule has 1 rings (SSSR count). The van der Waals surface area contributed by atoms with Crippen LogP contribution in [0.5, 0.6) is 5.75 Å². The fourth-order valence-corrected chi connectivity index (χ4v) is 1.64. The molecule has 1 aromatic rings. The van der Waals surface area contributed by atoms with Gasteiger partial charge in [-0.25, -0.2) is 4.39 Å². The first kappa shape index (κ1) is 15.4. The summed E-state index contributed by atoms with van der Waals surface area (Å²) in [6, 6.07) is 4.03. The first-order chi connectivity index (χ1) is 8.84. The van der Waals surface area contributed by atoms with Crippen molar-refractivity contribution in [3.05, 3.63) is 29.6 Å². The van der Waals surface area contributed by atoms with Crippen LogP contribution in [0.1, 0.15) is 30.6 Å². The summed E-state index contributed by atoms with van der Waals surface area (Å²) >= 11 is 4.92. The molecule has 0 saturated heterocycles. The zero-order valence-corrected chi connectivity index (χ0v) is 11.9. The number of rotatable bonds is 5. The smallest absolute Gasteiger partial charge is 0.255 e. The van der Waals surface area contributed by atoms with Crippen LogP contribution in [0.3, 0.4) is 0 Å². The van der Waals surface area contributed by atoms with E-state index in [2.05, 4.69) is 5.32 Å². The summed E-state index contributed by atoms with van der Waals surface area (Å²) in [4.78, 5) is 12.2. The molecule has 1 unspecified atom stereocenters. The molecule has 19 heavy (non-hydrogen) atoms. The number of ether oxygens (including phenoxy) is 1. The van der Waals surface area contributed by atoms with Gasteiger partial charge in [-0.1, -0.05) is 19.1 Å². The third-order valence-electron chi connectivity index (χ3n) is 3.06. The van der Waals surface area contributed by atoms with E-state index in [4.69, 9.17) is 22.7 Å². The molecular weight excluding hydrogens is 267 g/mol. The summed E-state index contributed by atoms with van der Waals surface area (Å²) in [5.74, 6) is -0.864. The van der Waals surface area contributed by atoms with Gasteiger partial charge in [0.25, 0.3) is 5.91 Å². The number of nitrogens with one attached hydrogen (secondary N) is 1. The molecule has 104 valence electrons. The molecule has 0 aliphatic rings. The Morgan fingerprint density at radius 1 is 1.58 bits per heavy atom. The van der Waals surface area contributed by atoms with Gasteiger partial charge in [-0.3, -0.25) is 4.79 Å². The van der Waals surface area contributed by atoms with Crippen LogP contribution in [0, 0.1) is 5.82 Å². The topological polar surface area (TPSA) is 64.3 Å². The number of hydrogen-bond acceptors (Lipinski definition) is 3. The molecule has 0 heterocycles. The van der Waals surface area contributed by atoms with Crippen LogP contribution in [0.15, 0.2) is 18.2 Å². The van der Waals surface area contributed by atoms with E-state index < -0.39 is 17.3 Å². The second-order valence-corrected chi connectivity index (χ2v) is 4.79. The fraction of sp³-hybridized carbons (Fsp3) is 0.385. The Morgan fingerprint density at radius 2 is 2.21 bits per heavy atom. The van der Waals surface area contributed by atoms with Crippen molar-refractivity contribution in [2.24, 2.45) is 5.73 Å². The Labute approximate surface area is 117 Å². The number of benzene rings is 1. The quantitative estimate of drug-likeness (QED) is 0.812. The van der Waals surface area contributed by atoms with Crippen LogP contribution >= 0.6 is 12.2 Å². The van der Waals surface area contributed by atoms with E-state index >= 15 is 0 Å². The van der Waals surface area contributed by atoms with Gasteiger partial charge in [0.05, 0.1) is 23.2 Å². The van der Waals surface area contributed by atoms with Gasteiger partial charge in [0, 0.05) is 6.07 Å². The van der Waals surface area contributed by atoms with E-state index in [1.165, 1.54) is 19.2 Å². The number of halogens is 1. The molecule has 0 aromatic heterocycles. The summed E-state index contributed by atoms with van der Waals surface area (Å²) < 4.78 is 18.6. The molecule has 0 aliphatic carbocycles. The molecule has 1 amide bonds. The molecule has 1 aromatic carbocycles. The van der Waals surface area contributed by atoms with Crippen molar-refractivity contribution in [3.63, 3.8) is 0 Å². The lowest BCUT2D eigenvalue weighted by Gasteiger charge is -2.28. The number of hydrogen-bond donors (Lipinski definition) is 2. The predicted octanol–water partition coefficient (Wildman–Crippen LogP) is 2.02. The number of carbonyl (C=O) groups excluding carboxylic acids is 1. The summed E-state index contributed by atoms with van der Waals surface area (Å²) in [6.45, 7) is 3.54. The second-order valence-electron chi connectivity index (χ2n) is 4.35. The third-order valence-corrected chi connectivity index (χ3v) is 3.51. The summed E-state index contributed by atoms with van der Waals surface area (Å²) in [5.41, 5.74) is 4.69. The minimum Gasteiger partial charge on any atom is -0.497 e. The van der Waals surface area contributed by atoms with Crippen LogP contribution in [0.2, 0.25) is 0 Å². The number of carbonyl (C=O) groups is 1. The average Bonchev–Trinajstić information content (AvgIpc) is 2.37. The van der Waals surface area contributed by atoms with E-state index in [0.717, 1.165) is 6.07 Å². The lowest BCUT2D eigenvalue weighted by molar-refractivity contribution is 0.0922. The molecule has 0 bridgehead atoms. The van der Waals surface area contributed by atoms with E-state index in [-0.39, 0.29) is 10.6 Å². The summed E-state index contributed by atoms with van der Waals surface area (Å²) in [7, 11) is 1.43. The molecule has 4 nitrogen and oxygen atoms in total. The maximum Gasteiger partial charge on any atom is 0.255 e. The van der Waals surface area contributed by atoms with E-state index in [1.54, 1.807) is 6.92 Å². The third kappa shape index (κ3) is 3.41. The minimum absolute atomic E-state index is 0.0725. The molecule has 3 N–H and O–H groups in total. The first-order valence-electron chi connectivity index (χ1n) is 5.80. The Kier molecular flexibility index (Phi) is 4.83. The number of nitrogens with two attached hydrogens (primary N) is 1. The highest BCUT2D eigenvalue weighted by atomic mass is 32.1. The van der Waals surface area contributed by atoms with Gasteiger partial charge in [-0.05, 0) is 25.5 Å². The van der Waals surface area contributed by atoms with Crippen molar-refractivity contribution < 1.29 is 13.9 Å². The van der Waals surface area contributed by atoms with Gasteiger partial charge < -0.3 is 15.8 Å². The van der Waals surface area contributed by atoms with Crippen molar-refractivity contribution in [1.82, 2.24) is 5.32 Å². The van der Waals surface area contributed by atoms with Crippen molar-refractivity contribution in [3.8, 4) is 5.75 Å². The zero-order chi connectivity index (χ0) is 14.6. The fourth-order valence-electron chi connectivity index (χ4n) is 1.45. The van der Waals surface area contributed by atoms with Crippen LogP contribution < -0.4 is 15.8 Å². The van der Waals surface area contributed by atoms with Gasteiger partial charge in [-0.2, -0.15) is 0 Å². The van der Waals surface area contributed by atoms with Crippen molar-refractivity contribution >= 4 is 23.1 Å². The molecule has 0 radical (unpaired) electrons. The number of methoxy groups -OCH3 is 1. The lowest BCUT2D eigenvalue weighted by Crippen LogP contribution is -2.54. The number of amides is 1. The monoisotopic (exact) mass is 284 g/mol. The van der Waals surface area contributed by atoms with E-state index in [9.17, 15) is 9.18 Å². The van der Waals surface area contributed by atoms with Crippen LogP contribution in [0.4, 0.5) is 4.39 Å². The molecule has 6 heteroatoms. The maximum atomic E-state index is 13.8. The lowest BCUT2D eigenvalue weighted by atomic mass is 9.98. The molecular formula is C13H17FN2O2S. The first-order valence-corrected chi connectivity index (χ1v) is 6.21. The van der Waals surface area contributed by atoms with Crippen molar-refractivity contribution in [1.29, 1.82) is 0 Å². The van der Waals surface area contributed by atoms with Crippen LogP contribution in [0.25, 0.3) is 0 Å². The highest BCUT2D eigenvalue weighted by Crippen LogP contribution is 2.18. The highest BCUT2D eigenvalue weighted by Gasteiger charge is 2.28. The SMILES string of the molecule is CCC(C)(NC(=O)c1ccc(OC)cc1F)C(N)=S. The van der Waals surface area contributed by atoms with Crippen molar-refractivity contribution in [2.75, 3.05) is 7.11 Å². The summed E-state index contributed by atoms with van der Waals surface area (Å²) in [5, 5.41) is 2.65. The zero-order valence-electron chi connectivity index (χ0n) is 11.1. The van der Waals surface area contributed by atoms with E-state index in [1.807, 2.05) is 6.92 Å². The maximum absolute atomic E-state index is 13.8. The standard InChI is InChI=1S/C13H17FN2O2S/c1-4-13(2,12(15)19)16-11(17)9-6-5-8(18-3)7-10(9)14/h5-7H,4H2,1-3H3,(H2,15,19)(H,16,17). The van der Waals surface area contributed by atoms with Gasteiger partial charge in [0.2, 0.25) is 0 Å². The Hall–Kier alpha value is -1.69. The van der Waals surface area contributed by atoms with Crippen molar-refractivity contribution in [2.45, 2.75) is 25.8 Å². The molecule has 0 saturated carbocycles. The molecule has 0 spiro atoms. The number of thiocarbonyl (C=S) groups is 1. The molecule has 0 fully saturated rings. The minimum atomic E-state index is -0.835. The molecule has 1 atom stereocenters. The largest absolute Gasteiger partial charge is 0.497 e. The Bertz CT molecular complexity index is 507. The summed E-state index contributed by atoms with van der Waals surface area (Å²) in [6.07, 6.45) is 0.520. The second kappa shape index (κ2) is 5.97. The molecule has 0 aliphatic heterocycles. The average molecular weight is 284 g/mol. The normalized spacial score (nSPS) is 13.5. The Morgan fingerprint density at radius 3 is 2.63 bits per heavy atom. The van der Waals surface area contributed by atoms with Gasteiger partial charge >= 0.3 is 0 Å². The van der Waals surface area contributed by atoms with E-state index in [0.29, 0.717) is 12.2 Å². The van der Waals surface area contributed by atoms with Gasteiger partial charge in [-0.15, -0.1) is 0 Å². The van der Waals surface area contributed by atoms with Gasteiger partial charge in [0.15, 0.2) is 0 Å². The van der Waals surface area contributed by atoms with Crippen LogP contribution in [-0.2, 0) is 0 Å². The highest BCUT2D eigenvalue weighted by molar-refractivity contribution is 7.80. The van der Waals surface area contributed by atoms with Crippen LogP contribution in [-0.4, -0.2) is 23.5 Å². The predicted molar refractivity (Wildman–Crippen MR) is 75.9 cm³/mol. The van der Waals surface area contributed by atoms with Gasteiger partial charge in [0.1, 0.15) is 11.6 Å².